The minimum atomic E-state index is -0.116. The molecule has 1 aromatic rings. The van der Waals surface area contributed by atoms with Crippen LogP contribution in [0.15, 0.2) is 18.2 Å². The Kier molecular flexibility index (Phi) is 6.00. The van der Waals surface area contributed by atoms with Crippen molar-refractivity contribution in [1.29, 1.82) is 0 Å². The fraction of sp³-hybridized carbons (Fsp3) is 0.462. The van der Waals surface area contributed by atoms with Gasteiger partial charge in [0.15, 0.2) is 0 Å². The van der Waals surface area contributed by atoms with Gasteiger partial charge in [-0.05, 0) is 24.6 Å². The largest absolute Gasteiger partial charge is 0.495 e. The van der Waals surface area contributed by atoms with Crippen molar-refractivity contribution in [3.8, 4) is 5.75 Å². The summed E-state index contributed by atoms with van der Waals surface area (Å²) < 4.78 is 10.4. The molecule has 1 rings (SSSR count). The number of nitrogens with two attached hydrogens (primary N) is 1. The number of anilines is 2. The van der Waals surface area contributed by atoms with Crippen molar-refractivity contribution < 1.29 is 14.3 Å². The molecule has 1 aromatic carbocycles. The summed E-state index contributed by atoms with van der Waals surface area (Å²) in [6.45, 7) is 3.12. The zero-order valence-corrected chi connectivity index (χ0v) is 10.9. The van der Waals surface area contributed by atoms with Crippen LogP contribution in [0.25, 0.3) is 0 Å². The Hall–Kier alpha value is -1.75. The highest BCUT2D eigenvalue weighted by atomic mass is 16.5. The molecule has 0 saturated carbocycles. The van der Waals surface area contributed by atoms with E-state index in [2.05, 4.69) is 5.32 Å². The monoisotopic (exact) mass is 252 g/mol. The van der Waals surface area contributed by atoms with E-state index in [0.717, 1.165) is 6.42 Å². The van der Waals surface area contributed by atoms with E-state index >= 15 is 0 Å². The van der Waals surface area contributed by atoms with Gasteiger partial charge in [0.2, 0.25) is 5.91 Å². The number of nitrogen functional groups attached to an aromatic ring is 1. The van der Waals surface area contributed by atoms with Crippen LogP contribution in [-0.2, 0) is 9.53 Å². The lowest BCUT2D eigenvalue weighted by Gasteiger charge is -2.10. The lowest BCUT2D eigenvalue weighted by atomic mass is 10.2. The van der Waals surface area contributed by atoms with Crippen LogP contribution >= 0.6 is 0 Å². The highest BCUT2D eigenvalue weighted by Gasteiger charge is 2.07. The molecular weight excluding hydrogens is 232 g/mol. The molecule has 0 unspecified atom stereocenters. The number of methoxy groups -OCH3 is 1. The Labute approximate surface area is 107 Å². The molecule has 0 radical (unpaired) electrons. The first-order chi connectivity index (χ1) is 8.67. The predicted molar refractivity (Wildman–Crippen MR) is 71.8 cm³/mol. The average Bonchev–Trinajstić information content (AvgIpc) is 2.35. The van der Waals surface area contributed by atoms with Crippen molar-refractivity contribution in [2.75, 3.05) is 31.4 Å². The van der Waals surface area contributed by atoms with Gasteiger partial charge < -0.3 is 20.5 Å². The van der Waals surface area contributed by atoms with Crippen molar-refractivity contribution in [2.45, 2.75) is 19.8 Å². The van der Waals surface area contributed by atoms with E-state index in [1.54, 1.807) is 25.3 Å². The van der Waals surface area contributed by atoms with Crippen LogP contribution in [-0.4, -0.2) is 26.2 Å². The number of hydrogen-bond donors (Lipinski definition) is 2. The zero-order chi connectivity index (χ0) is 13.4. The summed E-state index contributed by atoms with van der Waals surface area (Å²) >= 11 is 0. The summed E-state index contributed by atoms with van der Waals surface area (Å²) in [7, 11) is 1.55. The van der Waals surface area contributed by atoms with Gasteiger partial charge in [0, 0.05) is 12.3 Å². The van der Waals surface area contributed by atoms with Gasteiger partial charge >= 0.3 is 0 Å². The summed E-state index contributed by atoms with van der Waals surface area (Å²) in [4.78, 5) is 11.7. The number of ether oxygens (including phenoxy) is 2. The number of amides is 1. The third kappa shape index (κ3) is 4.63. The number of hydrogen-bond acceptors (Lipinski definition) is 4. The van der Waals surface area contributed by atoms with Gasteiger partial charge in [-0.25, -0.2) is 0 Å². The first-order valence-corrected chi connectivity index (χ1v) is 5.98. The highest BCUT2D eigenvalue weighted by molar-refractivity contribution is 5.92. The Bertz CT molecular complexity index is 394. The lowest BCUT2D eigenvalue weighted by Crippen LogP contribution is -2.15. The smallest absolute Gasteiger partial charge is 0.226 e. The third-order valence-electron chi connectivity index (χ3n) is 2.32. The summed E-state index contributed by atoms with van der Waals surface area (Å²) in [5.74, 6) is 0.474. The molecule has 0 saturated heterocycles. The van der Waals surface area contributed by atoms with Crippen molar-refractivity contribution in [3.63, 3.8) is 0 Å². The zero-order valence-electron chi connectivity index (χ0n) is 10.9. The molecule has 0 heterocycles. The van der Waals surface area contributed by atoms with Gasteiger partial charge in [-0.3, -0.25) is 4.79 Å². The fourth-order valence-electron chi connectivity index (χ4n) is 1.45. The molecule has 5 heteroatoms. The summed E-state index contributed by atoms with van der Waals surface area (Å²) in [6.07, 6.45) is 1.27. The topological polar surface area (TPSA) is 73.6 Å². The second kappa shape index (κ2) is 7.55. The standard InChI is InChI=1S/C13H20N2O3/c1-3-7-18-8-6-13(16)15-11-9-10(14)4-5-12(11)17-2/h4-5,9H,3,6-8,14H2,1-2H3,(H,15,16). The quantitative estimate of drug-likeness (QED) is 0.575. The first kappa shape index (κ1) is 14.3. The molecule has 5 nitrogen and oxygen atoms in total. The molecule has 1 amide bonds. The number of nitrogens with one attached hydrogen (secondary N) is 1. The van der Waals surface area contributed by atoms with E-state index < -0.39 is 0 Å². The summed E-state index contributed by atoms with van der Waals surface area (Å²) in [6, 6.07) is 5.11. The van der Waals surface area contributed by atoms with Crippen LogP contribution in [0.4, 0.5) is 11.4 Å². The van der Waals surface area contributed by atoms with Gasteiger partial charge in [0.1, 0.15) is 5.75 Å². The Morgan fingerprint density at radius 1 is 1.39 bits per heavy atom. The molecule has 100 valence electrons. The fourth-order valence-corrected chi connectivity index (χ4v) is 1.45. The van der Waals surface area contributed by atoms with Crippen LogP contribution in [0, 0.1) is 0 Å². The minimum absolute atomic E-state index is 0.116. The number of benzene rings is 1. The predicted octanol–water partition coefficient (Wildman–Crippen LogP) is 2.03. The van der Waals surface area contributed by atoms with Crippen LogP contribution in [0.3, 0.4) is 0 Å². The molecule has 0 aromatic heterocycles. The second-order valence-corrected chi connectivity index (χ2v) is 3.87. The molecule has 18 heavy (non-hydrogen) atoms. The van der Waals surface area contributed by atoms with Crippen LogP contribution in [0.5, 0.6) is 5.75 Å². The molecule has 0 aliphatic heterocycles. The maximum atomic E-state index is 11.7. The molecule has 0 atom stereocenters. The van der Waals surface area contributed by atoms with E-state index in [1.807, 2.05) is 6.92 Å². The summed E-state index contributed by atoms with van der Waals surface area (Å²) in [5, 5.41) is 2.76. The van der Waals surface area contributed by atoms with Crippen LogP contribution in [0.2, 0.25) is 0 Å². The number of rotatable bonds is 7. The van der Waals surface area contributed by atoms with Crippen molar-refractivity contribution >= 4 is 17.3 Å². The van der Waals surface area contributed by atoms with Crippen LogP contribution in [0.1, 0.15) is 19.8 Å². The van der Waals surface area contributed by atoms with Crippen LogP contribution < -0.4 is 15.8 Å². The maximum absolute atomic E-state index is 11.7. The SMILES string of the molecule is CCCOCCC(=O)Nc1cc(N)ccc1OC. The van der Waals surface area contributed by atoms with E-state index in [-0.39, 0.29) is 5.91 Å². The molecule has 3 N–H and O–H groups in total. The van der Waals surface area contributed by atoms with Crippen molar-refractivity contribution in [3.05, 3.63) is 18.2 Å². The highest BCUT2D eigenvalue weighted by Crippen LogP contribution is 2.26. The van der Waals surface area contributed by atoms with Gasteiger partial charge in [0.25, 0.3) is 0 Å². The van der Waals surface area contributed by atoms with Crippen molar-refractivity contribution in [1.82, 2.24) is 0 Å². The molecule has 0 bridgehead atoms. The third-order valence-corrected chi connectivity index (χ3v) is 2.32. The lowest BCUT2D eigenvalue weighted by molar-refractivity contribution is -0.117. The normalized spacial score (nSPS) is 10.1. The average molecular weight is 252 g/mol. The first-order valence-electron chi connectivity index (χ1n) is 5.98. The van der Waals surface area contributed by atoms with Gasteiger partial charge in [-0.2, -0.15) is 0 Å². The Morgan fingerprint density at radius 2 is 2.17 bits per heavy atom. The van der Waals surface area contributed by atoms with Crippen molar-refractivity contribution in [2.24, 2.45) is 0 Å². The molecule has 0 aliphatic carbocycles. The maximum Gasteiger partial charge on any atom is 0.226 e. The molecular formula is C13H20N2O3. The van der Waals surface area contributed by atoms with Gasteiger partial charge in [-0.15, -0.1) is 0 Å². The van der Waals surface area contributed by atoms with Gasteiger partial charge in [-0.1, -0.05) is 6.92 Å². The van der Waals surface area contributed by atoms with E-state index in [4.69, 9.17) is 15.2 Å². The van der Waals surface area contributed by atoms with Gasteiger partial charge in [0.05, 0.1) is 25.8 Å². The van der Waals surface area contributed by atoms with E-state index in [0.29, 0.717) is 36.8 Å². The number of carbonyl (C=O) groups excluding carboxylic acids is 1. The molecule has 0 aliphatic rings. The van der Waals surface area contributed by atoms with E-state index in [9.17, 15) is 4.79 Å². The Morgan fingerprint density at radius 3 is 2.83 bits per heavy atom. The summed E-state index contributed by atoms with van der Waals surface area (Å²) in [5.41, 5.74) is 6.82. The van der Waals surface area contributed by atoms with E-state index in [1.165, 1.54) is 0 Å². The number of carbonyl (C=O) groups is 1. The molecule has 0 spiro atoms. The minimum Gasteiger partial charge on any atom is -0.495 e. The Balaban J connectivity index is 2.50. The molecule has 0 fully saturated rings. The second-order valence-electron chi connectivity index (χ2n) is 3.87.